The summed E-state index contributed by atoms with van der Waals surface area (Å²) in [6.07, 6.45) is 8.83. The highest BCUT2D eigenvalue weighted by Crippen LogP contribution is 2.38. The van der Waals surface area contributed by atoms with Gasteiger partial charge in [0.2, 0.25) is 11.8 Å². The zero-order valence-corrected chi connectivity index (χ0v) is 24.7. The van der Waals surface area contributed by atoms with E-state index in [1.54, 1.807) is 17.0 Å². The maximum Gasteiger partial charge on any atom is 0.246 e. The summed E-state index contributed by atoms with van der Waals surface area (Å²) < 4.78 is 21.1. The van der Waals surface area contributed by atoms with Crippen LogP contribution >= 0.6 is 0 Å². The van der Waals surface area contributed by atoms with Crippen LogP contribution in [0.5, 0.6) is 5.88 Å². The van der Waals surface area contributed by atoms with Gasteiger partial charge >= 0.3 is 0 Å². The number of amides is 1. The number of benzene rings is 1. The Hall–Kier alpha value is -3.64. The van der Waals surface area contributed by atoms with Gasteiger partial charge in [-0.1, -0.05) is 6.58 Å². The summed E-state index contributed by atoms with van der Waals surface area (Å²) in [5, 5.41) is 9.52. The number of piperazine rings is 1. The number of likely N-dealkylation sites (N-methyl/N-ethyl adjacent to an activating group) is 1. The van der Waals surface area contributed by atoms with Crippen LogP contribution in [0.4, 0.5) is 15.8 Å². The normalized spacial score (nSPS) is 22.4. The van der Waals surface area contributed by atoms with E-state index in [9.17, 15) is 14.4 Å². The first-order valence-electron chi connectivity index (χ1n) is 15.4. The molecular formula is C33H41FN6O2. The third-order valence-corrected chi connectivity index (χ3v) is 9.59. The monoisotopic (exact) mass is 572 g/mol. The van der Waals surface area contributed by atoms with E-state index in [-0.39, 0.29) is 24.2 Å². The lowest BCUT2D eigenvalue weighted by molar-refractivity contribution is -0.128. The van der Waals surface area contributed by atoms with Crippen LogP contribution in [0.25, 0.3) is 0 Å². The molecule has 0 saturated carbocycles. The fraction of sp³-hybridized carbons (Fsp3) is 0.545. The maximum atomic E-state index is 14.7. The number of aromatic nitrogens is 1. The predicted octanol–water partition coefficient (Wildman–Crippen LogP) is 4.25. The number of halogens is 1. The van der Waals surface area contributed by atoms with Gasteiger partial charge in [0.1, 0.15) is 12.4 Å². The Balaban J connectivity index is 1.32. The van der Waals surface area contributed by atoms with Gasteiger partial charge in [0.25, 0.3) is 0 Å². The number of pyridine rings is 1. The first kappa shape index (κ1) is 28.5. The van der Waals surface area contributed by atoms with Gasteiger partial charge in [-0.25, -0.2) is 9.37 Å². The van der Waals surface area contributed by atoms with Crippen LogP contribution in [0.2, 0.25) is 0 Å². The van der Waals surface area contributed by atoms with Gasteiger partial charge in [-0.2, -0.15) is 5.26 Å². The Morgan fingerprint density at radius 3 is 2.69 bits per heavy atom. The highest BCUT2D eigenvalue weighted by atomic mass is 19.1. The fourth-order valence-electron chi connectivity index (χ4n) is 7.28. The molecule has 2 atom stereocenters. The quantitative estimate of drug-likeness (QED) is 0.459. The Bertz CT molecular complexity index is 1390. The second-order valence-electron chi connectivity index (χ2n) is 12.1. The molecular weight excluding hydrogens is 531 g/mol. The lowest BCUT2D eigenvalue weighted by atomic mass is 9.89. The number of nitrogens with zero attached hydrogens (tertiary/aromatic N) is 6. The third-order valence-electron chi connectivity index (χ3n) is 9.59. The smallest absolute Gasteiger partial charge is 0.246 e. The van der Waals surface area contributed by atoms with Crippen molar-refractivity contribution in [1.29, 1.82) is 5.26 Å². The number of fused-ring (bicyclic) bond motifs is 2. The Kier molecular flexibility index (Phi) is 8.34. The number of ether oxygens (including phenoxy) is 1. The van der Waals surface area contributed by atoms with Crippen molar-refractivity contribution in [2.24, 2.45) is 0 Å². The first-order valence-corrected chi connectivity index (χ1v) is 15.4. The van der Waals surface area contributed by atoms with Gasteiger partial charge in [0, 0.05) is 55.2 Å². The molecule has 0 bridgehead atoms. The Morgan fingerprint density at radius 2 is 1.90 bits per heavy atom. The van der Waals surface area contributed by atoms with Crippen LogP contribution in [0.3, 0.4) is 0 Å². The summed E-state index contributed by atoms with van der Waals surface area (Å²) in [6.45, 7) is 8.44. The van der Waals surface area contributed by atoms with Gasteiger partial charge in [-0.15, -0.1) is 0 Å². The number of hydrogen-bond donors (Lipinski definition) is 0. The predicted molar refractivity (Wildman–Crippen MR) is 161 cm³/mol. The number of likely N-dealkylation sites (tertiary alicyclic amines) is 1. The Morgan fingerprint density at radius 1 is 1.07 bits per heavy atom. The van der Waals surface area contributed by atoms with E-state index in [4.69, 9.17) is 9.72 Å². The average molecular weight is 573 g/mol. The minimum absolute atomic E-state index is 0.134. The number of hydrogen-bond acceptors (Lipinski definition) is 7. The van der Waals surface area contributed by atoms with E-state index in [1.807, 2.05) is 0 Å². The summed E-state index contributed by atoms with van der Waals surface area (Å²) in [4.78, 5) is 26.3. The van der Waals surface area contributed by atoms with Crippen molar-refractivity contribution < 1.29 is 13.9 Å². The van der Waals surface area contributed by atoms with Crippen LogP contribution < -0.4 is 14.5 Å². The highest BCUT2D eigenvalue weighted by molar-refractivity contribution is 5.87. The molecule has 1 aromatic carbocycles. The molecule has 1 aliphatic carbocycles. The minimum atomic E-state index is -0.214. The molecule has 0 spiro atoms. The summed E-state index contributed by atoms with van der Waals surface area (Å²) in [5.74, 6) is 0.303. The van der Waals surface area contributed by atoms with Crippen molar-refractivity contribution >= 4 is 17.3 Å². The second-order valence-corrected chi connectivity index (χ2v) is 12.1. The van der Waals surface area contributed by atoms with Crippen LogP contribution in [0.1, 0.15) is 54.5 Å². The Labute approximate surface area is 248 Å². The molecule has 2 aromatic rings. The molecule has 2 fully saturated rings. The van der Waals surface area contributed by atoms with E-state index in [1.165, 1.54) is 23.6 Å². The molecule has 0 unspecified atom stereocenters. The molecule has 42 heavy (non-hydrogen) atoms. The van der Waals surface area contributed by atoms with Gasteiger partial charge < -0.3 is 24.3 Å². The van der Waals surface area contributed by atoms with Gasteiger partial charge in [-0.3, -0.25) is 4.79 Å². The SMILES string of the molecule is C=CC(=O)N1CCN(c2cc(OC[C@@H]3CCCN3C)nc3c2CCN(c2cc(F)cc4c2CCCC4)C3)C[C@@H]1CC#N. The first-order chi connectivity index (χ1) is 20.4. The van der Waals surface area contributed by atoms with Crippen molar-refractivity contribution in [3.05, 3.63) is 59.1 Å². The molecule has 4 aliphatic rings. The number of nitriles is 1. The molecule has 3 aliphatic heterocycles. The second kappa shape index (κ2) is 12.3. The maximum absolute atomic E-state index is 14.7. The molecule has 1 aromatic heterocycles. The lowest BCUT2D eigenvalue weighted by Gasteiger charge is -2.43. The van der Waals surface area contributed by atoms with Crippen molar-refractivity contribution in [2.45, 2.75) is 70.0 Å². The van der Waals surface area contributed by atoms with Crippen LogP contribution in [0.15, 0.2) is 30.9 Å². The average Bonchev–Trinajstić information content (AvgIpc) is 3.42. The molecule has 0 N–H and O–H groups in total. The van der Waals surface area contributed by atoms with Crippen LogP contribution in [0, 0.1) is 17.1 Å². The number of rotatable bonds is 7. The van der Waals surface area contributed by atoms with E-state index < -0.39 is 0 Å². The van der Waals surface area contributed by atoms with Gasteiger partial charge in [0.15, 0.2) is 0 Å². The molecule has 8 nitrogen and oxygen atoms in total. The summed E-state index contributed by atoms with van der Waals surface area (Å²) >= 11 is 0. The summed E-state index contributed by atoms with van der Waals surface area (Å²) in [7, 11) is 2.14. The third kappa shape index (κ3) is 5.69. The van der Waals surface area contributed by atoms with E-state index in [0.717, 1.165) is 74.2 Å². The number of aryl methyl sites for hydroxylation is 1. The lowest BCUT2D eigenvalue weighted by Crippen LogP contribution is -2.55. The standard InChI is InChI=1S/C33H41FN6O2/c1-3-33(41)40-16-15-39(20-25(40)10-12-35)31-19-32(42-22-26-8-6-13-37(26)2)36-29-21-38(14-11-28(29)31)30-18-24(34)17-23-7-4-5-9-27(23)30/h3,17-19,25-26H,1,4-11,13-16,20-22H2,2H3/t25-,26-/m0/s1. The minimum Gasteiger partial charge on any atom is -0.476 e. The molecule has 0 radical (unpaired) electrons. The van der Waals surface area contributed by atoms with Crippen molar-refractivity contribution in [3.63, 3.8) is 0 Å². The summed E-state index contributed by atoms with van der Waals surface area (Å²) in [5.41, 5.74) is 6.65. The van der Waals surface area contributed by atoms with Gasteiger partial charge in [-0.05, 0) is 87.9 Å². The van der Waals surface area contributed by atoms with E-state index in [2.05, 4.69) is 40.5 Å². The molecule has 222 valence electrons. The van der Waals surface area contributed by atoms with Crippen molar-refractivity contribution in [3.8, 4) is 11.9 Å². The van der Waals surface area contributed by atoms with Crippen LogP contribution in [-0.4, -0.2) is 79.2 Å². The zero-order chi connectivity index (χ0) is 29.2. The van der Waals surface area contributed by atoms with Crippen molar-refractivity contribution in [1.82, 2.24) is 14.8 Å². The number of anilines is 2. The van der Waals surface area contributed by atoms with E-state index in [0.29, 0.717) is 44.7 Å². The molecule has 6 rings (SSSR count). The topological polar surface area (TPSA) is 75.9 Å². The fourth-order valence-corrected chi connectivity index (χ4v) is 7.28. The number of carbonyl (C=O) groups excluding carboxylic acids is 1. The largest absolute Gasteiger partial charge is 0.476 e. The van der Waals surface area contributed by atoms with Gasteiger partial charge in [0.05, 0.1) is 30.8 Å². The van der Waals surface area contributed by atoms with Crippen molar-refractivity contribution in [2.75, 3.05) is 56.2 Å². The number of carbonyl (C=O) groups is 1. The molecule has 9 heteroatoms. The highest BCUT2D eigenvalue weighted by Gasteiger charge is 2.33. The zero-order valence-electron chi connectivity index (χ0n) is 24.7. The summed E-state index contributed by atoms with van der Waals surface area (Å²) in [6, 6.07) is 7.90. The molecule has 4 heterocycles. The molecule has 2 saturated heterocycles. The van der Waals surface area contributed by atoms with E-state index >= 15 is 0 Å². The van der Waals surface area contributed by atoms with Crippen LogP contribution in [-0.2, 0) is 30.6 Å². The molecule has 1 amide bonds.